The summed E-state index contributed by atoms with van der Waals surface area (Å²) >= 11 is 3.38. The summed E-state index contributed by atoms with van der Waals surface area (Å²) in [4.78, 5) is 23.6. The Hall–Kier alpha value is -1.36. The third-order valence-electron chi connectivity index (χ3n) is 4.18. The summed E-state index contributed by atoms with van der Waals surface area (Å²) < 4.78 is 0.999. The Morgan fingerprint density at radius 3 is 2.38 bits per heavy atom. The van der Waals surface area contributed by atoms with E-state index in [2.05, 4.69) is 21.2 Å². The number of hydrogen-bond acceptors (Lipinski definition) is 2. The first-order chi connectivity index (χ1) is 9.93. The highest BCUT2D eigenvalue weighted by atomic mass is 79.9. The number of carboxylic acids is 1. The van der Waals surface area contributed by atoms with Crippen LogP contribution < -0.4 is 5.32 Å². The highest BCUT2D eigenvalue weighted by Crippen LogP contribution is 2.30. The SMILES string of the molecule is CC(CC(=O)NC1(C(=O)O)CCCC1)c1ccc(Br)cc1. The monoisotopic (exact) mass is 353 g/mol. The van der Waals surface area contributed by atoms with E-state index in [-0.39, 0.29) is 11.8 Å². The zero-order chi connectivity index (χ0) is 15.5. The minimum absolute atomic E-state index is 0.0605. The smallest absolute Gasteiger partial charge is 0.329 e. The summed E-state index contributed by atoms with van der Waals surface area (Å²) in [5.74, 6) is -1.04. The quantitative estimate of drug-likeness (QED) is 0.851. The molecule has 0 heterocycles. The Morgan fingerprint density at radius 2 is 1.86 bits per heavy atom. The Bertz CT molecular complexity index is 521. The predicted molar refractivity (Wildman–Crippen MR) is 84.2 cm³/mol. The number of benzene rings is 1. The van der Waals surface area contributed by atoms with Crippen LogP contribution in [0.5, 0.6) is 0 Å². The zero-order valence-electron chi connectivity index (χ0n) is 12.1. The van der Waals surface area contributed by atoms with Gasteiger partial charge in [0, 0.05) is 10.9 Å². The highest BCUT2D eigenvalue weighted by Gasteiger charge is 2.42. The van der Waals surface area contributed by atoms with Crippen LogP contribution >= 0.6 is 15.9 Å². The van der Waals surface area contributed by atoms with Crippen LogP contribution in [-0.2, 0) is 9.59 Å². The predicted octanol–water partition coefficient (Wildman–Crippen LogP) is 3.46. The Balaban J connectivity index is 1.97. The molecule has 0 aliphatic heterocycles. The molecule has 5 heteroatoms. The number of nitrogens with one attached hydrogen (secondary N) is 1. The van der Waals surface area contributed by atoms with Crippen LogP contribution in [0.25, 0.3) is 0 Å². The van der Waals surface area contributed by atoms with Crippen LogP contribution in [0.2, 0.25) is 0 Å². The summed E-state index contributed by atoms with van der Waals surface area (Å²) in [6.07, 6.45) is 3.07. The van der Waals surface area contributed by atoms with Gasteiger partial charge in [-0.05, 0) is 36.5 Å². The number of rotatable bonds is 5. The normalized spacial score (nSPS) is 18.2. The first-order valence-electron chi connectivity index (χ1n) is 7.23. The molecule has 4 nitrogen and oxygen atoms in total. The number of carboxylic acid groups (broad SMARTS) is 1. The average molecular weight is 354 g/mol. The molecule has 1 saturated carbocycles. The lowest BCUT2D eigenvalue weighted by Crippen LogP contribution is -2.52. The molecule has 1 amide bonds. The molecular weight excluding hydrogens is 334 g/mol. The zero-order valence-corrected chi connectivity index (χ0v) is 13.6. The molecule has 1 fully saturated rings. The lowest BCUT2D eigenvalue weighted by molar-refractivity contribution is -0.147. The maximum atomic E-state index is 12.2. The Labute approximate surface area is 133 Å². The van der Waals surface area contributed by atoms with Crippen molar-refractivity contribution in [1.29, 1.82) is 0 Å². The highest BCUT2D eigenvalue weighted by molar-refractivity contribution is 9.10. The van der Waals surface area contributed by atoms with Crippen LogP contribution in [0, 0.1) is 0 Å². The van der Waals surface area contributed by atoms with Crippen molar-refractivity contribution in [2.75, 3.05) is 0 Å². The molecule has 0 aromatic heterocycles. The lowest BCUT2D eigenvalue weighted by atomic mass is 9.94. The second-order valence-corrected chi connectivity index (χ2v) is 6.71. The second-order valence-electron chi connectivity index (χ2n) is 5.80. The van der Waals surface area contributed by atoms with Crippen molar-refractivity contribution < 1.29 is 14.7 Å². The van der Waals surface area contributed by atoms with Crippen molar-refractivity contribution in [1.82, 2.24) is 5.32 Å². The Kier molecular flexibility index (Phi) is 5.04. The van der Waals surface area contributed by atoms with E-state index in [0.717, 1.165) is 22.9 Å². The lowest BCUT2D eigenvalue weighted by Gasteiger charge is -2.26. The van der Waals surface area contributed by atoms with Crippen molar-refractivity contribution in [3.63, 3.8) is 0 Å². The van der Waals surface area contributed by atoms with Crippen LogP contribution in [0.3, 0.4) is 0 Å². The fraction of sp³-hybridized carbons (Fsp3) is 0.500. The van der Waals surface area contributed by atoms with Gasteiger partial charge in [0.1, 0.15) is 5.54 Å². The molecule has 1 aliphatic carbocycles. The van der Waals surface area contributed by atoms with Gasteiger partial charge in [0.05, 0.1) is 0 Å². The van der Waals surface area contributed by atoms with Gasteiger partial charge in [-0.25, -0.2) is 4.79 Å². The van der Waals surface area contributed by atoms with Gasteiger partial charge in [-0.2, -0.15) is 0 Å². The van der Waals surface area contributed by atoms with Crippen molar-refractivity contribution in [2.45, 2.75) is 50.5 Å². The molecule has 0 radical (unpaired) electrons. The van der Waals surface area contributed by atoms with Crippen molar-refractivity contribution in [2.24, 2.45) is 0 Å². The Morgan fingerprint density at radius 1 is 1.29 bits per heavy atom. The second kappa shape index (κ2) is 6.60. The molecule has 2 N–H and O–H groups in total. The van der Waals surface area contributed by atoms with Gasteiger partial charge in [0.2, 0.25) is 5.91 Å². The van der Waals surface area contributed by atoms with Crippen LogP contribution in [0.4, 0.5) is 0 Å². The molecule has 0 saturated heterocycles. The molecule has 2 rings (SSSR count). The molecule has 1 aromatic rings. The first kappa shape index (κ1) is 16.0. The summed E-state index contributed by atoms with van der Waals surface area (Å²) in [7, 11) is 0. The van der Waals surface area contributed by atoms with E-state index in [9.17, 15) is 14.7 Å². The largest absolute Gasteiger partial charge is 0.480 e. The molecule has 0 spiro atoms. The van der Waals surface area contributed by atoms with E-state index in [1.165, 1.54) is 0 Å². The first-order valence-corrected chi connectivity index (χ1v) is 8.02. The fourth-order valence-electron chi connectivity index (χ4n) is 2.88. The molecule has 114 valence electrons. The average Bonchev–Trinajstić information content (AvgIpc) is 2.89. The minimum Gasteiger partial charge on any atom is -0.480 e. The molecule has 1 unspecified atom stereocenters. The van der Waals surface area contributed by atoms with Gasteiger partial charge in [0.25, 0.3) is 0 Å². The standard InChI is InChI=1S/C16H20BrNO3/c1-11(12-4-6-13(17)7-5-12)10-14(19)18-16(15(20)21)8-2-3-9-16/h4-7,11H,2-3,8-10H2,1H3,(H,18,19)(H,20,21). The fourth-order valence-corrected chi connectivity index (χ4v) is 3.14. The van der Waals surface area contributed by atoms with Crippen LogP contribution in [-0.4, -0.2) is 22.5 Å². The van der Waals surface area contributed by atoms with E-state index < -0.39 is 11.5 Å². The number of carbonyl (C=O) groups is 2. The molecule has 1 aromatic carbocycles. The van der Waals surface area contributed by atoms with E-state index >= 15 is 0 Å². The van der Waals surface area contributed by atoms with Gasteiger partial charge in [-0.1, -0.05) is 47.8 Å². The van der Waals surface area contributed by atoms with Crippen molar-refractivity contribution in [3.05, 3.63) is 34.3 Å². The third kappa shape index (κ3) is 3.84. The van der Waals surface area contributed by atoms with Gasteiger partial charge in [-0.15, -0.1) is 0 Å². The number of carbonyl (C=O) groups excluding carboxylic acids is 1. The maximum Gasteiger partial charge on any atom is 0.329 e. The van der Waals surface area contributed by atoms with Gasteiger partial charge in [0.15, 0.2) is 0 Å². The number of halogens is 1. The van der Waals surface area contributed by atoms with E-state index in [1.807, 2.05) is 31.2 Å². The van der Waals surface area contributed by atoms with Gasteiger partial charge >= 0.3 is 5.97 Å². The molecule has 1 atom stereocenters. The summed E-state index contributed by atoms with van der Waals surface area (Å²) in [6.45, 7) is 1.98. The van der Waals surface area contributed by atoms with Gasteiger partial charge < -0.3 is 10.4 Å². The number of amides is 1. The maximum absolute atomic E-state index is 12.2. The molecule has 0 bridgehead atoms. The van der Waals surface area contributed by atoms with Crippen LogP contribution in [0.1, 0.15) is 50.5 Å². The van der Waals surface area contributed by atoms with Crippen molar-refractivity contribution in [3.8, 4) is 0 Å². The van der Waals surface area contributed by atoms with Crippen molar-refractivity contribution >= 4 is 27.8 Å². The topological polar surface area (TPSA) is 66.4 Å². The summed E-state index contributed by atoms with van der Waals surface area (Å²) in [5.41, 5.74) is 0.0282. The number of hydrogen-bond donors (Lipinski definition) is 2. The van der Waals surface area contributed by atoms with E-state index in [0.29, 0.717) is 19.3 Å². The molecule has 1 aliphatic rings. The number of aliphatic carboxylic acids is 1. The minimum atomic E-state index is -1.05. The van der Waals surface area contributed by atoms with E-state index in [1.54, 1.807) is 0 Å². The molecule has 21 heavy (non-hydrogen) atoms. The molecular formula is C16H20BrNO3. The summed E-state index contributed by atoms with van der Waals surface area (Å²) in [5, 5.41) is 12.1. The van der Waals surface area contributed by atoms with Gasteiger partial charge in [-0.3, -0.25) is 4.79 Å². The summed E-state index contributed by atoms with van der Waals surface area (Å²) in [6, 6.07) is 7.84. The van der Waals surface area contributed by atoms with E-state index in [4.69, 9.17) is 0 Å². The van der Waals surface area contributed by atoms with Crippen LogP contribution in [0.15, 0.2) is 28.7 Å². The third-order valence-corrected chi connectivity index (χ3v) is 4.70.